The minimum Gasteiger partial charge on any atom is -0.299 e. The Morgan fingerprint density at radius 1 is 0.333 bits per heavy atom. The predicted molar refractivity (Wildman–Crippen MR) is 232 cm³/mol. The maximum absolute atomic E-state index is 2.60. The highest BCUT2D eigenvalue weighted by molar-refractivity contribution is 5.31. The number of hydrogen-bond acceptors (Lipinski definition) is 4. The fraction of sp³-hybridized carbons (Fsp3) is 0.520. The van der Waals surface area contributed by atoms with Crippen LogP contribution in [0.25, 0.3) is 0 Å². The lowest BCUT2D eigenvalue weighted by molar-refractivity contribution is 0.249. The van der Waals surface area contributed by atoms with Crippen molar-refractivity contribution in [2.45, 2.75) is 118 Å². The van der Waals surface area contributed by atoms with Crippen LogP contribution in [0.5, 0.6) is 0 Å². The fourth-order valence-electron chi connectivity index (χ4n) is 8.34. The highest BCUT2D eigenvalue weighted by Crippen LogP contribution is 2.21. The topological polar surface area (TPSA) is 13.0 Å². The van der Waals surface area contributed by atoms with Crippen LogP contribution in [0.4, 0.5) is 0 Å². The molecular weight excluding hydrogens is 657 g/mol. The molecule has 0 aromatic heterocycles. The molecule has 0 spiro atoms. The molecule has 0 fully saturated rings. The second kappa shape index (κ2) is 23.6. The molecule has 0 atom stereocenters. The van der Waals surface area contributed by atoms with Crippen LogP contribution in [0.2, 0.25) is 0 Å². The quantitative estimate of drug-likeness (QED) is 0.151. The number of nitrogens with zero attached hydrogens (tertiary/aromatic N) is 4. The fourth-order valence-corrected chi connectivity index (χ4v) is 8.34. The molecule has 4 heterocycles. The summed E-state index contributed by atoms with van der Waals surface area (Å²) in [6.07, 6.45) is 12.9. The van der Waals surface area contributed by atoms with E-state index in [4.69, 9.17) is 0 Å². The Morgan fingerprint density at radius 2 is 0.648 bits per heavy atom. The van der Waals surface area contributed by atoms with Gasteiger partial charge in [-0.2, -0.15) is 0 Å². The molecule has 0 saturated carbocycles. The first kappa shape index (κ1) is 41.9. The second-order valence-electron chi connectivity index (χ2n) is 15.8. The summed E-state index contributed by atoms with van der Waals surface area (Å²) in [6, 6.07) is 35.3. The maximum Gasteiger partial charge on any atom is 0.0236 e. The van der Waals surface area contributed by atoms with E-state index in [1.54, 1.807) is 27.8 Å². The zero-order chi connectivity index (χ0) is 37.8. The lowest BCUT2D eigenvalue weighted by atomic mass is 10.00. The largest absolute Gasteiger partial charge is 0.299 e. The second-order valence-corrected chi connectivity index (χ2v) is 15.8. The summed E-state index contributed by atoms with van der Waals surface area (Å²) < 4.78 is 0. The number of hydrogen-bond donors (Lipinski definition) is 0. The van der Waals surface area contributed by atoms with Crippen molar-refractivity contribution in [1.29, 1.82) is 0 Å². The molecule has 54 heavy (non-hydrogen) atoms. The van der Waals surface area contributed by atoms with Crippen LogP contribution in [-0.4, -0.2) is 72.0 Å². The van der Waals surface area contributed by atoms with Gasteiger partial charge in [0, 0.05) is 52.4 Å². The zero-order valence-electron chi connectivity index (χ0n) is 34.6. The van der Waals surface area contributed by atoms with Crippen molar-refractivity contribution in [3.8, 4) is 0 Å². The zero-order valence-corrected chi connectivity index (χ0v) is 34.6. The van der Waals surface area contributed by atoms with E-state index in [2.05, 4.69) is 144 Å². The summed E-state index contributed by atoms with van der Waals surface area (Å²) in [5.41, 5.74) is 12.3. The molecule has 0 bridgehead atoms. The van der Waals surface area contributed by atoms with E-state index < -0.39 is 0 Å². The van der Waals surface area contributed by atoms with Crippen molar-refractivity contribution >= 4 is 0 Å². The van der Waals surface area contributed by atoms with E-state index in [9.17, 15) is 0 Å². The molecule has 0 amide bonds. The van der Waals surface area contributed by atoms with Gasteiger partial charge in [0.1, 0.15) is 0 Å². The Kier molecular flexibility index (Phi) is 18.3. The highest BCUT2D eigenvalue weighted by Gasteiger charge is 2.17. The molecular formula is C50H72N4. The Balaban J connectivity index is 0.000000139. The standard InChI is InChI=1S/C14H21N.C13H19N.C12H17N.C11H15N/c1-2-3-6-10-15-11-9-13-7-4-5-8-14(13)12-15;1-2-3-9-14-10-8-12-6-4-5-7-13(12)11-14;1-2-8-13-9-7-11-5-3-4-6-12(11)10-13;1-2-12-8-7-10-5-3-4-6-11(10)9-12/h4-5,7-8H,2-3,6,9-12H2,1H3;4-7H,2-3,8-11H2,1H3;3-6H,2,7-10H2,1H3;3-6H,2,7-9H2,1H3. The van der Waals surface area contributed by atoms with Gasteiger partial charge in [-0.3, -0.25) is 19.6 Å². The SMILES string of the molecule is CCCCCN1CCc2ccccc2C1.CCCCN1CCc2ccccc2C1.CCCN1CCc2ccccc2C1.CCN1CCc2ccccc2C1. The first-order valence-corrected chi connectivity index (χ1v) is 21.8. The average molecular weight is 729 g/mol. The third-order valence-electron chi connectivity index (χ3n) is 11.7. The number of unbranched alkanes of at least 4 members (excludes halogenated alkanes) is 3. The van der Waals surface area contributed by atoms with Crippen LogP contribution in [0.3, 0.4) is 0 Å². The Morgan fingerprint density at radius 3 is 1.00 bits per heavy atom. The Labute approximate surface area is 330 Å². The van der Waals surface area contributed by atoms with Gasteiger partial charge in [0.15, 0.2) is 0 Å². The summed E-state index contributed by atoms with van der Waals surface area (Å²) in [5, 5.41) is 0. The van der Waals surface area contributed by atoms with Gasteiger partial charge in [-0.05, 0) is 116 Å². The van der Waals surface area contributed by atoms with Gasteiger partial charge in [-0.15, -0.1) is 0 Å². The van der Waals surface area contributed by atoms with Crippen molar-refractivity contribution in [3.63, 3.8) is 0 Å². The van der Waals surface area contributed by atoms with Gasteiger partial charge in [0.2, 0.25) is 0 Å². The van der Waals surface area contributed by atoms with E-state index in [1.165, 1.54) is 140 Å². The summed E-state index contributed by atoms with van der Waals surface area (Å²) in [7, 11) is 0. The van der Waals surface area contributed by atoms with E-state index in [-0.39, 0.29) is 0 Å². The minimum absolute atomic E-state index is 1.15. The number of likely N-dealkylation sites (N-methyl/N-ethyl adjacent to an activating group) is 1. The van der Waals surface area contributed by atoms with Crippen molar-refractivity contribution < 1.29 is 0 Å². The lowest BCUT2D eigenvalue weighted by Crippen LogP contribution is -2.31. The molecule has 4 heteroatoms. The molecule has 0 aliphatic carbocycles. The Bertz CT molecular complexity index is 1630. The van der Waals surface area contributed by atoms with Crippen LogP contribution in [-0.2, 0) is 51.9 Å². The summed E-state index contributed by atoms with van der Waals surface area (Å²) in [6.45, 7) is 23.6. The molecule has 4 aromatic rings. The maximum atomic E-state index is 2.60. The third kappa shape index (κ3) is 13.5. The van der Waals surface area contributed by atoms with E-state index in [1.807, 2.05) is 0 Å². The summed E-state index contributed by atoms with van der Waals surface area (Å²) >= 11 is 0. The molecule has 0 N–H and O–H groups in total. The highest BCUT2D eigenvalue weighted by atomic mass is 15.1. The first-order valence-electron chi connectivity index (χ1n) is 21.8. The smallest absolute Gasteiger partial charge is 0.0236 e. The van der Waals surface area contributed by atoms with Crippen LogP contribution in [0.1, 0.15) is 111 Å². The monoisotopic (exact) mass is 729 g/mol. The molecule has 0 saturated heterocycles. The Hall–Kier alpha value is -3.28. The molecule has 4 aliphatic rings. The van der Waals surface area contributed by atoms with Crippen molar-refractivity contribution in [1.82, 2.24) is 19.6 Å². The summed E-state index contributed by atoms with van der Waals surface area (Å²) in [4.78, 5) is 10.2. The van der Waals surface area contributed by atoms with E-state index in [0.717, 1.165) is 19.6 Å². The van der Waals surface area contributed by atoms with E-state index >= 15 is 0 Å². The molecule has 4 aromatic carbocycles. The van der Waals surface area contributed by atoms with Gasteiger partial charge in [0.25, 0.3) is 0 Å². The molecule has 4 aliphatic heterocycles. The minimum atomic E-state index is 1.15. The molecule has 4 nitrogen and oxygen atoms in total. The van der Waals surface area contributed by atoms with Crippen molar-refractivity contribution in [2.24, 2.45) is 0 Å². The first-order chi connectivity index (χ1) is 26.6. The van der Waals surface area contributed by atoms with Crippen LogP contribution in [0.15, 0.2) is 97.1 Å². The number of benzene rings is 4. The van der Waals surface area contributed by atoms with Crippen molar-refractivity contribution in [2.75, 3.05) is 52.4 Å². The van der Waals surface area contributed by atoms with Gasteiger partial charge in [-0.1, -0.05) is 144 Å². The summed E-state index contributed by atoms with van der Waals surface area (Å²) in [5.74, 6) is 0. The van der Waals surface area contributed by atoms with E-state index in [0.29, 0.717) is 0 Å². The molecule has 8 rings (SSSR count). The van der Waals surface area contributed by atoms with Crippen LogP contribution in [0, 0.1) is 0 Å². The normalized spacial score (nSPS) is 16.8. The predicted octanol–water partition coefficient (Wildman–Crippen LogP) is 10.6. The third-order valence-corrected chi connectivity index (χ3v) is 11.7. The molecule has 292 valence electrons. The average Bonchev–Trinajstić information content (AvgIpc) is 3.23. The van der Waals surface area contributed by atoms with Crippen LogP contribution < -0.4 is 0 Å². The van der Waals surface area contributed by atoms with Gasteiger partial charge >= 0.3 is 0 Å². The molecule has 0 unspecified atom stereocenters. The number of rotatable bonds is 10. The van der Waals surface area contributed by atoms with Gasteiger partial charge in [0.05, 0.1) is 0 Å². The van der Waals surface area contributed by atoms with Crippen molar-refractivity contribution in [3.05, 3.63) is 142 Å². The van der Waals surface area contributed by atoms with Gasteiger partial charge in [-0.25, -0.2) is 0 Å². The lowest BCUT2D eigenvalue weighted by Gasteiger charge is -2.28. The van der Waals surface area contributed by atoms with Gasteiger partial charge < -0.3 is 0 Å². The van der Waals surface area contributed by atoms with Crippen LogP contribution >= 0.6 is 0 Å². The number of fused-ring (bicyclic) bond motifs is 4. The molecule has 0 radical (unpaired) electrons.